The molecule has 2 aliphatic heterocycles. The summed E-state index contributed by atoms with van der Waals surface area (Å²) in [6.45, 7) is 1.90. The van der Waals surface area contributed by atoms with Gasteiger partial charge >= 0.3 is 0 Å². The lowest BCUT2D eigenvalue weighted by Gasteiger charge is -2.36. The third-order valence-electron chi connectivity index (χ3n) is 5.60. The lowest BCUT2D eigenvalue weighted by atomic mass is 9.87. The van der Waals surface area contributed by atoms with E-state index < -0.39 is 10.0 Å². The first-order valence-electron chi connectivity index (χ1n) is 9.33. The Bertz CT molecular complexity index is 790. The number of Topliss-reactive ketones (excluding diaryl/α,β-unsaturated/α-hetero) is 1. The zero-order chi connectivity index (χ0) is 19.6. The molecule has 148 valence electrons. The molecule has 0 spiro atoms. The second kappa shape index (κ2) is 7.98. The number of aromatic hydroxyl groups is 1. The van der Waals surface area contributed by atoms with Crippen molar-refractivity contribution in [2.45, 2.75) is 25.7 Å². The molecule has 0 atom stereocenters. The summed E-state index contributed by atoms with van der Waals surface area (Å²) < 4.78 is 24.6. The Kier molecular flexibility index (Phi) is 5.86. The van der Waals surface area contributed by atoms with Crippen LogP contribution in [0.4, 0.5) is 0 Å². The monoisotopic (exact) mass is 394 g/mol. The first-order valence-corrected chi connectivity index (χ1v) is 11.2. The summed E-state index contributed by atoms with van der Waals surface area (Å²) in [4.78, 5) is 27.1. The number of hydrogen-bond acceptors (Lipinski definition) is 5. The van der Waals surface area contributed by atoms with Crippen LogP contribution in [0.15, 0.2) is 24.3 Å². The number of phenolic OH excluding ortho intramolecular Hbond substituents is 1. The van der Waals surface area contributed by atoms with Crippen LogP contribution in [0.2, 0.25) is 0 Å². The van der Waals surface area contributed by atoms with E-state index in [0.29, 0.717) is 57.4 Å². The van der Waals surface area contributed by atoms with Gasteiger partial charge in [0.2, 0.25) is 15.9 Å². The van der Waals surface area contributed by atoms with E-state index in [-0.39, 0.29) is 29.3 Å². The molecule has 2 fully saturated rings. The third kappa shape index (κ3) is 4.68. The molecule has 1 aromatic rings. The number of carbonyl (C=O) groups is 2. The van der Waals surface area contributed by atoms with Gasteiger partial charge in [0.25, 0.3) is 0 Å². The average Bonchev–Trinajstić information content (AvgIpc) is 2.67. The van der Waals surface area contributed by atoms with Crippen LogP contribution in [-0.4, -0.2) is 66.9 Å². The second-order valence-corrected chi connectivity index (χ2v) is 9.43. The lowest BCUT2D eigenvalue weighted by molar-refractivity contribution is -0.138. The fraction of sp³-hybridized carbons (Fsp3) is 0.579. The van der Waals surface area contributed by atoms with E-state index in [4.69, 9.17) is 0 Å². The summed E-state index contributed by atoms with van der Waals surface area (Å²) in [6.07, 6.45) is 3.57. The summed E-state index contributed by atoms with van der Waals surface area (Å²) in [5.74, 6) is 0.0363. The van der Waals surface area contributed by atoms with Crippen LogP contribution in [-0.2, 0) is 14.8 Å². The van der Waals surface area contributed by atoms with Crippen molar-refractivity contribution in [3.63, 3.8) is 0 Å². The summed E-state index contributed by atoms with van der Waals surface area (Å²) in [6, 6.07) is 6.28. The molecule has 1 aromatic carbocycles. The minimum Gasteiger partial charge on any atom is -0.508 e. The first-order chi connectivity index (χ1) is 12.8. The summed E-state index contributed by atoms with van der Waals surface area (Å²) in [5.41, 5.74) is 0.589. The molecule has 1 N–H and O–H groups in total. The second-order valence-electron chi connectivity index (χ2n) is 7.45. The number of carbonyl (C=O) groups excluding carboxylic acids is 2. The van der Waals surface area contributed by atoms with Crippen LogP contribution in [0.3, 0.4) is 0 Å². The number of piperidine rings is 2. The van der Waals surface area contributed by atoms with Gasteiger partial charge in [-0.05, 0) is 49.9 Å². The van der Waals surface area contributed by atoms with Gasteiger partial charge in [-0.15, -0.1) is 0 Å². The highest BCUT2D eigenvalue weighted by molar-refractivity contribution is 7.88. The average molecular weight is 394 g/mol. The smallest absolute Gasteiger partial charge is 0.225 e. The van der Waals surface area contributed by atoms with Crippen LogP contribution in [0, 0.1) is 11.8 Å². The van der Waals surface area contributed by atoms with Crippen LogP contribution in [0.1, 0.15) is 36.0 Å². The van der Waals surface area contributed by atoms with Crippen LogP contribution < -0.4 is 0 Å². The summed E-state index contributed by atoms with van der Waals surface area (Å²) in [7, 11) is -3.19. The summed E-state index contributed by atoms with van der Waals surface area (Å²) >= 11 is 0. The molecule has 0 bridgehead atoms. The van der Waals surface area contributed by atoms with E-state index in [9.17, 15) is 23.1 Å². The van der Waals surface area contributed by atoms with Gasteiger partial charge in [-0.2, -0.15) is 0 Å². The molecule has 1 amide bonds. The maximum Gasteiger partial charge on any atom is 0.225 e. The predicted molar refractivity (Wildman–Crippen MR) is 101 cm³/mol. The maximum atomic E-state index is 12.7. The molecule has 2 heterocycles. The minimum absolute atomic E-state index is 0.0589. The fourth-order valence-corrected chi connectivity index (χ4v) is 4.79. The van der Waals surface area contributed by atoms with Crippen LogP contribution in [0.25, 0.3) is 0 Å². The van der Waals surface area contributed by atoms with Crippen LogP contribution >= 0.6 is 0 Å². The molecule has 0 aromatic heterocycles. The van der Waals surface area contributed by atoms with Crippen molar-refractivity contribution in [3.8, 4) is 5.75 Å². The lowest BCUT2D eigenvalue weighted by Crippen LogP contribution is -2.47. The Hall–Kier alpha value is -1.93. The zero-order valence-corrected chi connectivity index (χ0v) is 16.3. The molecular formula is C19H26N2O5S. The largest absolute Gasteiger partial charge is 0.508 e. The molecule has 0 aliphatic carbocycles. The first kappa shape index (κ1) is 19.8. The van der Waals surface area contributed by atoms with Gasteiger partial charge in [0.05, 0.1) is 6.26 Å². The highest BCUT2D eigenvalue weighted by atomic mass is 32.2. The normalized spacial score (nSPS) is 20.6. The number of phenols is 1. The van der Waals surface area contributed by atoms with Crippen molar-refractivity contribution < 1.29 is 23.1 Å². The number of likely N-dealkylation sites (tertiary alicyclic amines) is 1. The molecule has 27 heavy (non-hydrogen) atoms. The minimum atomic E-state index is -3.19. The van der Waals surface area contributed by atoms with Gasteiger partial charge in [0.15, 0.2) is 5.78 Å². The number of benzene rings is 1. The Morgan fingerprint density at radius 3 is 1.96 bits per heavy atom. The van der Waals surface area contributed by atoms with Crippen molar-refractivity contribution in [1.29, 1.82) is 0 Å². The van der Waals surface area contributed by atoms with Gasteiger partial charge in [0.1, 0.15) is 5.75 Å². The Morgan fingerprint density at radius 1 is 0.926 bits per heavy atom. The molecule has 2 saturated heterocycles. The molecule has 0 radical (unpaired) electrons. The number of ketones is 1. The summed E-state index contributed by atoms with van der Waals surface area (Å²) in [5, 5.41) is 9.34. The zero-order valence-electron chi connectivity index (χ0n) is 15.5. The van der Waals surface area contributed by atoms with Gasteiger partial charge < -0.3 is 10.0 Å². The van der Waals surface area contributed by atoms with E-state index >= 15 is 0 Å². The molecule has 8 heteroatoms. The number of amides is 1. The predicted octanol–water partition coefficient (Wildman–Crippen LogP) is 1.49. The van der Waals surface area contributed by atoms with E-state index in [1.54, 1.807) is 12.1 Å². The SMILES string of the molecule is CS(=O)(=O)N1CCC(C(=O)N2CCC(C(=O)c3ccc(O)cc3)CC2)CC1. The fourth-order valence-electron chi connectivity index (χ4n) is 3.92. The topological polar surface area (TPSA) is 95.0 Å². The Balaban J connectivity index is 1.51. The van der Waals surface area contributed by atoms with Crippen molar-refractivity contribution in [2.24, 2.45) is 11.8 Å². The highest BCUT2D eigenvalue weighted by Crippen LogP contribution is 2.26. The molecule has 0 unspecified atom stereocenters. The van der Waals surface area contributed by atoms with Gasteiger partial charge in [-0.3, -0.25) is 9.59 Å². The van der Waals surface area contributed by atoms with Crippen LogP contribution in [0.5, 0.6) is 5.75 Å². The number of nitrogens with zero attached hydrogens (tertiary/aromatic N) is 2. The Morgan fingerprint density at radius 2 is 1.44 bits per heavy atom. The van der Waals surface area contributed by atoms with Crippen molar-refractivity contribution in [3.05, 3.63) is 29.8 Å². The van der Waals surface area contributed by atoms with Gasteiger partial charge in [-0.25, -0.2) is 12.7 Å². The molecule has 2 aliphatic rings. The Labute approximate surface area is 160 Å². The molecular weight excluding hydrogens is 368 g/mol. The van der Waals surface area contributed by atoms with Gasteiger partial charge in [0, 0.05) is 43.6 Å². The van der Waals surface area contributed by atoms with Crippen molar-refractivity contribution in [2.75, 3.05) is 32.4 Å². The molecule has 7 nitrogen and oxygen atoms in total. The van der Waals surface area contributed by atoms with E-state index in [0.717, 1.165) is 0 Å². The number of sulfonamides is 1. The quantitative estimate of drug-likeness (QED) is 0.781. The van der Waals surface area contributed by atoms with Gasteiger partial charge in [-0.1, -0.05) is 0 Å². The van der Waals surface area contributed by atoms with E-state index in [1.165, 1.54) is 22.7 Å². The highest BCUT2D eigenvalue weighted by Gasteiger charge is 2.34. The number of rotatable bonds is 4. The maximum absolute atomic E-state index is 12.7. The van der Waals surface area contributed by atoms with Crippen molar-refractivity contribution >= 4 is 21.7 Å². The van der Waals surface area contributed by atoms with E-state index in [1.807, 2.05) is 4.90 Å². The van der Waals surface area contributed by atoms with Crippen molar-refractivity contribution in [1.82, 2.24) is 9.21 Å². The van der Waals surface area contributed by atoms with E-state index in [2.05, 4.69) is 0 Å². The third-order valence-corrected chi connectivity index (χ3v) is 6.90. The molecule has 0 saturated carbocycles. The number of hydrogen-bond donors (Lipinski definition) is 1. The standard InChI is InChI=1S/C19H26N2O5S/c1-27(25,26)21-12-8-16(9-13-21)19(24)20-10-6-15(7-11-20)18(23)14-2-4-17(22)5-3-14/h2-5,15-16,22H,6-13H2,1H3. The molecule has 3 rings (SSSR count).